The lowest BCUT2D eigenvalue weighted by Crippen LogP contribution is -2.59. The number of rotatable bonds is 10. The Bertz CT molecular complexity index is 2390. The molecule has 0 radical (unpaired) electrons. The molecule has 0 fully saturated rings. The minimum atomic E-state index is -4.74. The number of sulfonamides is 2. The van der Waals surface area contributed by atoms with Gasteiger partial charge in [-0.25, -0.2) is 37.2 Å². The molecule has 6 rings (SSSR count). The number of benzene rings is 3. The molecule has 1 unspecified atom stereocenters. The Morgan fingerprint density at radius 1 is 0.923 bits per heavy atom. The fraction of sp³-hybridized carbons (Fsp3) is 0.125. The number of fused-ring (bicyclic) bond motifs is 2. The Morgan fingerprint density at radius 3 is 2.19 bits per heavy atom. The van der Waals surface area contributed by atoms with Crippen molar-refractivity contribution < 1.29 is 45.5 Å². The second kappa shape index (κ2) is 13.9. The maximum absolute atomic E-state index is 14.3. The van der Waals surface area contributed by atoms with Crippen molar-refractivity contribution in [2.45, 2.75) is 22.9 Å². The van der Waals surface area contributed by atoms with Crippen LogP contribution in [0.1, 0.15) is 38.0 Å². The summed E-state index contributed by atoms with van der Waals surface area (Å²) >= 11 is 6.34. The smallest absolute Gasteiger partial charge is 0.338 e. The zero-order valence-electron chi connectivity index (χ0n) is 26.6. The molecule has 1 aromatic heterocycles. The first kappa shape index (κ1) is 35.8. The van der Waals surface area contributed by atoms with E-state index >= 15 is 0 Å². The molecular weight excluding hydrogens is 742 g/mol. The van der Waals surface area contributed by atoms with Crippen LogP contribution in [0.5, 0.6) is 0 Å². The standard InChI is InChI=1S/C32H24ClN7O10S2/c1-18(41)38-51(46,47)20-11-12-24(23(33)17-20)36-28(42)25(40-30(43)21-9-5-6-10-22(21)31(40)44)27-37-26-29(35-14-13-34-26)52(48,49)39(27)15-16-50-32(45)19-7-3-2-4-8-19/h2-14,17,25H,15-16H2,1H3,(H,36,42)(H,38,41). The molecule has 2 aliphatic heterocycles. The van der Waals surface area contributed by atoms with E-state index in [1.54, 1.807) is 22.9 Å². The second-order valence-corrected chi connectivity index (χ2v) is 14.8. The highest BCUT2D eigenvalue weighted by atomic mass is 35.5. The van der Waals surface area contributed by atoms with Gasteiger partial charge in [-0.2, -0.15) is 8.42 Å². The van der Waals surface area contributed by atoms with Crippen molar-refractivity contribution in [1.82, 2.24) is 23.9 Å². The summed E-state index contributed by atoms with van der Waals surface area (Å²) in [7, 11) is -9.07. The molecule has 0 bridgehead atoms. The van der Waals surface area contributed by atoms with E-state index in [1.807, 2.05) is 0 Å². The third-order valence-corrected chi connectivity index (χ3v) is 11.0. The summed E-state index contributed by atoms with van der Waals surface area (Å²) in [4.78, 5) is 78.3. The molecule has 0 saturated heterocycles. The lowest BCUT2D eigenvalue weighted by Gasteiger charge is -2.35. The molecule has 0 aliphatic carbocycles. The molecule has 0 spiro atoms. The Labute approximate surface area is 300 Å². The summed E-state index contributed by atoms with van der Waals surface area (Å²) in [6.07, 6.45) is 2.23. The quantitative estimate of drug-likeness (QED) is 0.175. The van der Waals surface area contributed by atoms with Gasteiger partial charge in [0.15, 0.2) is 17.7 Å². The highest BCUT2D eigenvalue weighted by Gasteiger charge is 2.50. The number of nitrogens with one attached hydrogen (secondary N) is 2. The van der Waals surface area contributed by atoms with Gasteiger partial charge >= 0.3 is 5.97 Å². The van der Waals surface area contributed by atoms with Gasteiger partial charge in [0.1, 0.15) is 6.61 Å². The number of hydrogen-bond donors (Lipinski definition) is 2. The Hall–Kier alpha value is -6.05. The number of halogens is 1. The Morgan fingerprint density at radius 2 is 1.56 bits per heavy atom. The van der Waals surface area contributed by atoms with Crippen LogP contribution in [0, 0.1) is 0 Å². The van der Waals surface area contributed by atoms with Crippen molar-refractivity contribution in [3.63, 3.8) is 0 Å². The number of hydrogen-bond acceptors (Lipinski definition) is 13. The van der Waals surface area contributed by atoms with Crippen LogP contribution >= 0.6 is 11.6 Å². The number of ether oxygens (including phenoxy) is 1. The van der Waals surface area contributed by atoms with E-state index in [-0.39, 0.29) is 27.4 Å². The van der Waals surface area contributed by atoms with E-state index in [9.17, 15) is 40.8 Å². The summed E-state index contributed by atoms with van der Waals surface area (Å²) in [6, 6.07) is 14.4. The third-order valence-electron chi connectivity index (χ3n) is 7.56. The van der Waals surface area contributed by atoms with Crippen molar-refractivity contribution in [1.29, 1.82) is 0 Å². The number of nitrogens with zero attached hydrogens (tertiary/aromatic N) is 5. The largest absolute Gasteiger partial charge is 0.460 e. The molecule has 3 aromatic carbocycles. The summed E-state index contributed by atoms with van der Waals surface area (Å²) in [5.74, 6) is -5.95. The van der Waals surface area contributed by atoms with E-state index < -0.39 is 90.4 Å². The van der Waals surface area contributed by atoms with Crippen molar-refractivity contribution in [2.75, 3.05) is 18.5 Å². The van der Waals surface area contributed by atoms with Crippen LogP contribution in [-0.2, 0) is 34.4 Å². The predicted octanol–water partition coefficient (Wildman–Crippen LogP) is 2.15. The molecule has 1 atom stereocenters. The molecule has 266 valence electrons. The van der Waals surface area contributed by atoms with Crippen LogP contribution in [0.3, 0.4) is 0 Å². The molecular formula is C32H24ClN7O10S2. The zero-order chi connectivity index (χ0) is 37.4. The molecule has 4 aromatic rings. The molecule has 2 aliphatic rings. The fourth-order valence-electron chi connectivity index (χ4n) is 5.29. The number of amidine groups is 1. The van der Waals surface area contributed by atoms with Gasteiger partial charge in [-0.3, -0.25) is 24.1 Å². The number of carbonyl (C=O) groups is 5. The monoisotopic (exact) mass is 765 g/mol. The zero-order valence-corrected chi connectivity index (χ0v) is 29.0. The normalized spacial score (nSPS) is 15.2. The lowest BCUT2D eigenvalue weighted by atomic mass is 10.1. The van der Waals surface area contributed by atoms with Gasteiger partial charge in [0.2, 0.25) is 10.9 Å². The van der Waals surface area contributed by atoms with Gasteiger partial charge in [-0.1, -0.05) is 41.9 Å². The molecule has 4 amide bonds. The van der Waals surface area contributed by atoms with Crippen LogP contribution in [0.2, 0.25) is 5.02 Å². The lowest BCUT2D eigenvalue weighted by molar-refractivity contribution is -0.118. The minimum Gasteiger partial charge on any atom is -0.460 e. The molecule has 17 nitrogen and oxygen atoms in total. The maximum Gasteiger partial charge on any atom is 0.338 e. The van der Waals surface area contributed by atoms with Crippen molar-refractivity contribution >= 4 is 78.6 Å². The number of anilines is 1. The number of imide groups is 1. The number of aromatic nitrogens is 2. The van der Waals surface area contributed by atoms with Gasteiger partial charge in [0.25, 0.3) is 37.8 Å². The van der Waals surface area contributed by atoms with Crippen LogP contribution in [0.4, 0.5) is 11.5 Å². The second-order valence-electron chi connectivity index (χ2n) is 11.0. The first-order valence-electron chi connectivity index (χ1n) is 15.0. The first-order chi connectivity index (χ1) is 24.7. The average molecular weight is 766 g/mol. The highest BCUT2D eigenvalue weighted by Crippen LogP contribution is 2.34. The SMILES string of the molecule is CC(=O)NS(=O)(=O)c1ccc(NC(=O)C(C2=Nc3nccnc3S(=O)(=O)N2CCOC(=O)c2ccccc2)N2C(=O)c3ccccc3C2=O)c(Cl)c1. The topological polar surface area (TPSA) is 232 Å². The van der Waals surface area contributed by atoms with E-state index in [0.717, 1.165) is 37.5 Å². The minimum absolute atomic E-state index is 0.0846. The predicted molar refractivity (Wildman–Crippen MR) is 182 cm³/mol. The average Bonchev–Trinajstić information content (AvgIpc) is 3.35. The number of amides is 4. The van der Waals surface area contributed by atoms with Crippen LogP contribution < -0.4 is 10.0 Å². The molecule has 52 heavy (non-hydrogen) atoms. The Balaban J connectivity index is 1.43. The van der Waals surface area contributed by atoms with Crippen LogP contribution in [0.25, 0.3) is 0 Å². The van der Waals surface area contributed by atoms with Gasteiger partial charge < -0.3 is 10.1 Å². The van der Waals surface area contributed by atoms with Crippen molar-refractivity contribution in [3.05, 3.63) is 107 Å². The van der Waals surface area contributed by atoms with Gasteiger partial charge in [-0.05, 0) is 42.5 Å². The van der Waals surface area contributed by atoms with Crippen molar-refractivity contribution in [2.24, 2.45) is 4.99 Å². The van der Waals surface area contributed by atoms with Gasteiger partial charge in [0.05, 0.1) is 38.8 Å². The molecule has 20 heteroatoms. The van der Waals surface area contributed by atoms with E-state index in [4.69, 9.17) is 16.3 Å². The van der Waals surface area contributed by atoms with E-state index in [0.29, 0.717) is 9.21 Å². The summed E-state index contributed by atoms with van der Waals surface area (Å²) in [5.41, 5.74) is -0.222. The highest BCUT2D eigenvalue weighted by molar-refractivity contribution is 7.90. The van der Waals surface area contributed by atoms with Crippen LogP contribution in [-0.4, -0.2) is 90.6 Å². The molecule has 3 heterocycles. The van der Waals surface area contributed by atoms with Gasteiger partial charge in [-0.15, -0.1) is 0 Å². The van der Waals surface area contributed by atoms with Gasteiger partial charge in [0, 0.05) is 19.3 Å². The van der Waals surface area contributed by atoms with Crippen LogP contribution in [0.15, 0.2) is 100 Å². The van der Waals surface area contributed by atoms with E-state index in [1.165, 1.54) is 36.4 Å². The first-order valence-corrected chi connectivity index (χ1v) is 18.3. The third kappa shape index (κ3) is 6.71. The number of esters is 1. The molecule has 0 saturated carbocycles. The van der Waals surface area contributed by atoms with Crippen molar-refractivity contribution in [3.8, 4) is 0 Å². The number of carbonyl (C=O) groups excluding carboxylic acids is 5. The summed E-state index contributed by atoms with van der Waals surface area (Å²) < 4.78 is 60.9. The summed E-state index contributed by atoms with van der Waals surface area (Å²) in [6.45, 7) is -0.241. The molecule has 2 N–H and O–H groups in total. The maximum atomic E-state index is 14.3. The van der Waals surface area contributed by atoms with E-state index in [2.05, 4.69) is 20.3 Å². The fourth-order valence-corrected chi connectivity index (χ4v) is 8.03. The Kier molecular flexibility index (Phi) is 9.58. The number of aliphatic imine (C=N–C) groups is 1. The summed E-state index contributed by atoms with van der Waals surface area (Å²) in [5, 5.41) is 1.45.